The van der Waals surface area contributed by atoms with Crippen LogP contribution in [0.4, 0.5) is 0 Å². The zero-order valence-corrected chi connectivity index (χ0v) is 10.6. The van der Waals surface area contributed by atoms with Gasteiger partial charge in [-0.1, -0.05) is 24.3 Å². The summed E-state index contributed by atoms with van der Waals surface area (Å²) >= 11 is 0. The van der Waals surface area contributed by atoms with Gasteiger partial charge in [-0.3, -0.25) is 9.78 Å². The second kappa shape index (κ2) is 6.82. The normalized spacial score (nSPS) is 10.7. The first kappa shape index (κ1) is 13.5. The number of benzene rings is 1. The molecule has 0 radical (unpaired) electrons. The third kappa shape index (κ3) is 4.01. The van der Waals surface area contributed by atoms with Crippen LogP contribution in [0.5, 0.6) is 0 Å². The number of nitrogens with two attached hydrogens (primary N) is 1. The van der Waals surface area contributed by atoms with Crippen molar-refractivity contribution in [1.82, 2.24) is 10.3 Å². The minimum Gasteiger partial charge on any atom is -0.370 e. The van der Waals surface area contributed by atoms with E-state index in [0.717, 1.165) is 10.9 Å². The first-order valence-electron chi connectivity index (χ1n) is 6.16. The summed E-state index contributed by atoms with van der Waals surface area (Å²) in [5, 5.41) is 5.58. The van der Waals surface area contributed by atoms with Gasteiger partial charge in [-0.05, 0) is 10.9 Å². The van der Waals surface area contributed by atoms with Crippen LogP contribution in [-0.2, 0) is 16.1 Å². The van der Waals surface area contributed by atoms with Gasteiger partial charge in [0, 0.05) is 30.9 Å². The summed E-state index contributed by atoms with van der Waals surface area (Å²) in [5.41, 5.74) is 6.11. The van der Waals surface area contributed by atoms with E-state index in [4.69, 9.17) is 10.5 Å². The molecule has 2 aromatic rings. The van der Waals surface area contributed by atoms with Crippen LogP contribution in [0.15, 0.2) is 36.7 Å². The summed E-state index contributed by atoms with van der Waals surface area (Å²) < 4.78 is 5.07. The topological polar surface area (TPSA) is 77.2 Å². The van der Waals surface area contributed by atoms with Crippen molar-refractivity contribution in [3.8, 4) is 0 Å². The van der Waals surface area contributed by atoms with Crippen molar-refractivity contribution in [2.75, 3.05) is 19.8 Å². The van der Waals surface area contributed by atoms with Crippen molar-refractivity contribution in [1.29, 1.82) is 0 Å². The lowest BCUT2D eigenvalue weighted by molar-refractivity contribution is -0.122. The zero-order valence-electron chi connectivity index (χ0n) is 10.6. The SMILES string of the molecule is NC(=O)COCCNCc1cncc2ccccc12. The van der Waals surface area contributed by atoms with Crippen LogP contribution in [0.2, 0.25) is 0 Å². The van der Waals surface area contributed by atoms with Gasteiger partial charge >= 0.3 is 0 Å². The molecule has 100 valence electrons. The average Bonchev–Trinajstić information content (AvgIpc) is 2.42. The number of primary amides is 1. The Morgan fingerprint density at radius 1 is 1.32 bits per heavy atom. The monoisotopic (exact) mass is 259 g/mol. The van der Waals surface area contributed by atoms with E-state index < -0.39 is 5.91 Å². The number of hydrogen-bond donors (Lipinski definition) is 2. The highest BCUT2D eigenvalue weighted by Crippen LogP contribution is 2.16. The average molecular weight is 259 g/mol. The third-order valence-electron chi connectivity index (χ3n) is 2.73. The molecule has 1 aromatic carbocycles. The second-order valence-electron chi connectivity index (χ2n) is 4.22. The minimum absolute atomic E-state index is 0.0303. The molecular formula is C14H17N3O2. The fourth-order valence-corrected chi connectivity index (χ4v) is 1.86. The largest absolute Gasteiger partial charge is 0.370 e. The quantitative estimate of drug-likeness (QED) is 0.722. The number of aromatic nitrogens is 1. The van der Waals surface area contributed by atoms with Gasteiger partial charge in [0.25, 0.3) is 0 Å². The van der Waals surface area contributed by atoms with Crippen LogP contribution in [-0.4, -0.2) is 30.6 Å². The predicted octanol–water partition coefficient (Wildman–Crippen LogP) is 0.826. The molecule has 1 heterocycles. The number of hydrogen-bond acceptors (Lipinski definition) is 4. The first-order chi connectivity index (χ1) is 9.27. The molecule has 0 saturated carbocycles. The van der Waals surface area contributed by atoms with Gasteiger partial charge in [-0.2, -0.15) is 0 Å². The van der Waals surface area contributed by atoms with Crippen LogP contribution < -0.4 is 11.1 Å². The minimum atomic E-state index is -0.446. The lowest BCUT2D eigenvalue weighted by Crippen LogP contribution is -2.23. The van der Waals surface area contributed by atoms with Crippen molar-refractivity contribution in [3.05, 3.63) is 42.2 Å². The van der Waals surface area contributed by atoms with Crippen molar-refractivity contribution in [2.24, 2.45) is 5.73 Å². The van der Waals surface area contributed by atoms with E-state index in [2.05, 4.69) is 16.4 Å². The molecule has 0 fully saturated rings. The van der Waals surface area contributed by atoms with E-state index in [1.54, 1.807) is 0 Å². The first-order valence-corrected chi connectivity index (χ1v) is 6.16. The van der Waals surface area contributed by atoms with Gasteiger partial charge in [-0.25, -0.2) is 0 Å². The summed E-state index contributed by atoms with van der Waals surface area (Å²) in [7, 11) is 0. The summed E-state index contributed by atoms with van der Waals surface area (Å²) in [4.78, 5) is 14.7. The highest BCUT2D eigenvalue weighted by Gasteiger charge is 2.00. The van der Waals surface area contributed by atoms with E-state index in [0.29, 0.717) is 19.7 Å². The Bertz CT molecular complexity index is 552. The highest BCUT2D eigenvalue weighted by molar-refractivity contribution is 5.84. The number of rotatable bonds is 7. The Hall–Kier alpha value is -1.98. The fraction of sp³-hybridized carbons (Fsp3) is 0.286. The van der Waals surface area contributed by atoms with Crippen molar-refractivity contribution >= 4 is 16.7 Å². The van der Waals surface area contributed by atoms with Crippen molar-refractivity contribution in [2.45, 2.75) is 6.54 Å². The molecule has 0 atom stereocenters. The molecule has 0 aliphatic rings. The van der Waals surface area contributed by atoms with Crippen LogP contribution in [0, 0.1) is 0 Å². The van der Waals surface area contributed by atoms with Crippen LogP contribution in [0.1, 0.15) is 5.56 Å². The lowest BCUT2D eigenvalue weighted by atomic mass is 10.1. The number of ether oxygens (including phenoxy) is 1. The van der Waals surface area contributed by atoms with E-state index in [1.165, 1.54) is 5.39 Å². The van der Waals surface area contributed by atoms with Crippen LogP contribution in [0.25, 0.3) is 10.8 Å². The molecule has 0 bridgehead atoms. The van der Waals surface area contributed by atoms with Crippen LogP contribution in [0.3, 0.4) is 0 Å². The number of carbonyl (C=O) groups is 1. The van der Waals surface area contributed by atoms with Gasteiger partial charge in [0.15, 0.2) is 0 Å². The number of nitrogens with zero attached hydrogens (tertiary/aromatic N) is 1. The van der Waals surface area contributed by atoms with Gasteiger partial charge in [0.05, 0.1) is 6.61 Å². The smallest absolute Gasteiger partial charge is 0.243 e. The number of nitrogens with one attached hydrogen (secondary N) is 1. The Balaban J connectivity index is 1.83. The molecule has 2 rings (SSSR count). The Morgan fingerprint density at radius 3 is 3.00 bits per heavy atom. The van der Waals surface area contributed by atoms with Crippen molar-refractivity contribution < 1.29 is 9.53 Å². The molecule has 0 saturated heterocycles. The molecule has 1 aromatic heterocycles. The molecule has 1 amide bonds. The number of amides is 1. The number of fused-ring (bicyclic) bond motifs is 1. The molecule has 0 aliphatic carbocycles. The summed E-state index contributed by atoms with van der Waals surface area (Å²) in [5.74, 6) is -0.446. The van der Waals surface area contributed by atoms with Gasteiger partial charge in [0.1, 0.15) is 6.61 Å². The maximum Gasteiger partial charge on any atom is 0.243 e. The molecular weight excluding hydrogens is 242 g/mol. The van der Waals surface area contributed by atoms with E-state index >= 15 is 0 Å². The fourth-order valence-electron chi connectivity index (χ4n) is 1.86. The Kier molecular flexibility index (Phi) is 4.83. The zero-order chi connectivity index (χ0) is 13.5. The molecule has 0 spiro atoms. The van der Waals surface area contributed by atoms with Gasteiger partial charge in [-0.15, -0.1) is 0 Å². The molecule has 5 heteroatoms. The summed E-state index contributed by atoms with van der Waals surface area (Å²) in [6.07, 6.45) is 3.72. The summed E-state index contributed by atoms with van der Waals surface area (Å²) in [6, 6.07) is 8.14. The van der Waals surface area contributed by atoms with E-state index in [9.17, 15) is 4.79 Å². The Labute approximate surface area is 111 Å². The number of carbonyl (C=O) groups excluding carboxylic acids is 1. The second-order valence-corrected chi connectivity index (χ2v) is 4.22. The third-order valence-corrected chi connectivity index (χ3v) is 2.73. The molecule has 0 aliphatic heterocycles. The lowest BCUT2D eigenvalue weighted by Gasteiger charge is -2.07. The van der Waals surface area contributed by atoms with E-state index in [1.807, 2.05) is 30.6 Å². The van der Waals surface area contributed by atoms with Crippen LogP contribution >= 0.6 is 0 Å². The van der Waals surface area contributed by atoms with Gasteiger partial charge < -0.3 is 15.8 Å². The van der Waals surface area contributed by atoms with Gasteiger partial charge in [0.2, 0.25) is 5.91 Å². The van der Waals surface area contributed by atoms with Crippen molar-refractivity contribution in [3.63, 3.8) is 0 Å². The molecule has 3 N–H and O–H groups in total. The summed E-state index contributed by atoms with van der Waals surface area (Å²) in [6.45, 7) is 1.81. The molecule has 5 nitrogen and oxygen atoms in total. The number of pyridine rings is 1. The molecule has 0 unspecified atom stereocenters. The Morgan fingerprint density at radius 2 is 2.16 bits per heavy atom. The maximum atomic E-state index is 10.5. The highest BCUT2D eigenvalue weighted by atomic mass is 16.5. The maximum absolute atomic E-state index is 10.5. The predicted molar refractivity (Wildman–Crippen MR) is 73.5 cm³/mol. The standard InChI is InChI=1S/C14H17N3O2/c15-14(18)10-19-6-5-16-8-12-9-17-7-11-3-1-2-4-13(11)12/h1-4,7,9,16H,5-6,8,10H2,(H2,15,18). The van der Waals surface area contributed by atoms with E-state index in [-0.39, 0.29) is 6.61 Å². The molecule has 19 heavy (non-hydrogen) atoms.